The normalized spacial score (nSPS) is 26.1. The van der Waals surface area contributed by atoms with E-state index < -0.39 is 152 Å². The van der Waals surface area contributed by atoms with Gasteiger partial charge in [0.15, 0.2) is 0 Å². The highest BCUT2D eigenvalue weighted by Gasteiger charge is 2.53. The minimum absolute atomic E-state index is 0.0192. The lowest BCUT2D eigenvalue weighted by molar-refractivity contribution is -0.152. The molecule has 25 heteroatoms. The summed E-state index contributed by atoms with van der Waals surface area (Å²) in [6, 6.07) is 2.04. The predicted octanol–water partition coefficient (Wildman–Crippen LogP) is 1.75. The van der Waals surface area contributed by atoms with Crippen molar-refractivity contribution in [2.24, 2.45) is 23.7 Å². The Kier molecular flexibility index (Phi) is 27.2. The van der Waals surface area contributed by atoms with Crippen molar-refractivity contribution in [3.8, 4) is 5.75 Å². The summed E-state index contributed by atoms with van der Waals surface area (Å²) < 4.78 is 5.39. The summed E-state index contributed by atoms with van der Waals surface area (Å²) in [5.41, 5.74) is -0.890. The van der Waals surface area contributed by atoms with E-state index in [2.05, 4.69) is 16.0 Å². The highest BCUT2D eigenvalue weighted by Crippen LogP contribution is 2.44. The van der Waals surface area contributed by atoms with Crippen molar-refractivity contribution in [1.29, 1.82) is 0 Å². The van der Waals surface area contributed by atoms with E-state index in [-0.39, 0.29) is 37.0 Å². The molecule has 1 aromatic carbocycles. The van der Waals surface area contributed by atoms with Crippen LogP contribution in [0.5, 0.6) is 5.75 Å². The lowest BCUT2D eigenvalue weighted by Gasteiger charge is -2.41. The zero-order valence-electron chi connectivity index (χ0n) is 55.2. The van der Waals surface area contributed by atoms with Gasteiger partial charge < -0.3 is 64.8 Å². The summed E-state index contributed by atoms with van der Waals surface area (Å²) in [6.07, 6.45) is 9.45. The number of nitrogens with zero attached hydrogens (tertiary/aromatic N) is 9. The lowest BCUT2D eigenvalue weighted by Crippen LogP contribution is -2.65. The third-order valence-corrected chi connectivity index (χ3v) is 18.8. The molecule has 496 valence electrons. The van der Waals surface area contributed by atoms with E-state index in [0.29, 0.717) is 62.9 Å². The van der Waals surface area contributed by atoms with Crippen molar-refractivity contribution in [3.05, 3.63) is 29.8 Å². The molecule has 3 N–H and O–H groups in total. The van der Waals surface area contributed by atoms with Crippen LogP contribution in [-0.4, -0.2) is 261 Å². The summed E-state index contributed by atoms with van der Waals surface area (Å²) in [5.74, 6) is -7.61. The average Bonchev–Trinajstić information content (AvgIpc) is 2.01. The van der Waals surface area contributed by atoms with Gasteiger partial charge in [-0.25, -0.2) is 0 Å². The van der Waals surface area contributed by atoms with Crippen LogP contribution >= 0.6 is 0 Å². The maximum Gasteiger partial charge on any atom is 0.248 e. The first-order valence-corrected chi connectivity index (χ1v) is 31.8. The number of carbonyl (C=O) groups excluding carboxylic acids is 12. The fourth-order valence-corrected chi connectivity index (χ4v) is 12.6. The second kappa shape index (κ2) is 33.5. The molecule has 0 bridgehead atoms. The minimum atomic E-state index is -1.54. The zero-order chi connectivity index (χ0) is 66.0. The van der Waals surface area contributed by atoms with Crippen LogP contribution in [0.2, 0.25) is 0 Å². The van der Waals surface area contributed by atoms with Crippen molar-refractivity contribution >= 4 is 70.9 Å². The second-order valence-electron chi connectivity index (χ2n) is 25.9. The Bertz CT molecular complexity index is 2680. The summed E-state index contributed by atoms with van der Waals surface area (Å²) in [5, 5.41) is 8.64. The van der Waals surface area contributed by atoms with Crippen molar-refractivity contribution in [2.45, 2.75) is 160 Å². The van der Waals surface area contributed by atoms with Gasteiger partial charge in [0.1, 0.15) is 35.5 Å². The first-order chi connectivity index (χ1) is 42.0. The minimum Gasteiger partial charge on any atom is -0.497 e. The van der Waals surface area contributed by atoms with Gasteiger partial charge in [-0.05, 0) is 86.3 Å². The maximum atomic E-state index is 15.6. The van der Waals surface area contributed by atoms with Crippen molar-refractivity contribution in [1.82, 2.24) is 60.0 Å². The molecule has 2 saturated heterocycles. The van der Waals surface area contributed by atoms with Crippen LogP contribution in [0.4, 0.5) is 0 Å². The van der Waals surface area contributed by atoms with Crippen molar-refractivity contribution < 1.29 is 62.3 Å². The van der Waals surface area contributed by atoms with E-state index in [4.69, 9.17) is 4.74 Å². The van der Waals surface area contributed by atoms with Gasteiger partial charge >= 0.3 is 0 Å². The largest absolute Gasteiger partial charge is 0.497 e. The number of likely N-dealkylation sites (tertiary alicyclic amines) is 1. The van der Waals surface area contributed by atoms with Crippen LogP contribution in [0.15, 0.2) is 24.3 Å². The quantitative estimate of drug-likeness (QED) is 0.302. The van der Waals surface area contributed by atoms with Gasteiger partial charge in [-0.2, -0.15) is 0 Å². The summed E-state index contributed by atoms with van der Waals surface area (Å²) >= 11 is 0. The number of rotatable bonds is 10. The molecule has 2 saturated carbocycles. The third kappa shape index (κ3) is 19.6. The van der Waals surface area contributed by atoms with E-state index in [1.165, 1.54) is 83.1 Å². The van der Waals surface area contributed by atoms with Crippen LogP contribution in [0.1, 0.15) is 130 Å². The zero-order valence-corrected chi connectivity index (χ0v) is 55.2. The Labute approximate surface area is 526 Å². The molecule has 89 heavy (non-hydrogen) atoms. The van der Waals surface area contributed by atoms with Gasteiger partial charge in [0, 0.05) is 75.9 Å². The first-order valence-electron chi connectivity index (χ1n) is 31.8. The number of benzene rings is 1. The number of hydrogen-bond donors (Lipinski definition) is 3. The molecule has 5 rings (SSSR count). The molecular formula is C64H102N12O13. The number of carbonyl (C=O) groups is 12. The smallest absolute Gasteiger partial charge is 0.248 e. The fraction of sp³-hybridized carbons (Fsp3) is 0.719. The van der Waals surface area contributed by atoms with Crippen LogP contribution in [-0.2, 0) is 64.0 Å². The molecule has 0 radical (unpaired) electrons. The van der Waals surface area contributed by atoms with E-state index in [1.54, 1.807) is 36.1 Å². The summed E-state index contributed by atoms with van der Waals surface area (Å²) in [4.78, 5) is 183. The molecule has 12 amide bonds. The molecule has 25 nitrogen and oxygen atoms in total. The monoisotopic (exact) mass is 1250 g/mol. The maximum absolute atomic E-state index is 15.6. The number of methoxy groups -OCH3 is 1. The van der Waals surface area contributed by atoms with Crippen LogP contribution in [0.25, 0.3) is 0 Å². The molecule has 1 spiro atoms. The van der Waals surface area contributed by atoms with E-state index >= 15 is 9.59 Å². The topological polar surface area (TPSA) is 279 Å². The Morgan fingerprint density at radius 2 is 1.16 bits per heavy atom. The standard InChI is InChI=1S/C64H102N12O13/c1-14-43(4)58-62(87)71(8)40-56(82)70(7)39-55(81)69(6)38-54(80)68(5)37-51(77)65-36-53(79)74(11)49(34-45-25-27-47(89-13)28-26-45)60(85)67-64(29-21-24-46(64)33-44-22-17-15-18-23-44)63(88)72(9)41-57(83)75(12)50(61(86)76-30-19-16-20-31-76)35-52(78)73(10)48(32-42(2)3)59(84)66-58/h25-28,42-44,46,48-50,58H,14-24,29-41H2,1-13H3,(H,65,77)(H,66,84)(H,67,85)/t43-,46?,48?,49?,50?,58?,64?/m0/s1. The second-order valence-corrected chi connectivity index (χ2v) is 25.9. The van der Waals surface area contributed by atoms with E-state index in [0.717, 1.165) is 58.1 Å². The third-order valence-electron chi connectivity index (χ3n) is 18.8. The highest BCUT2D eigenvalue weighted by molar-refractivity contribution is 5.99. The molecule has 1 aromatic rings. The number of hydrogen-bond acceptors (Lipinski definition) is 13. The molecule has 2 aliphatic heterocycles. The van der Waals surface area contributed by atoms with Gasteiger partial charge in [0.25, 0.3) is 0 Å². The Balaban J connectivity index is 1.57. The average molecular weight is 1250 g/mol. The van der Waals surface area contributed by atoms with Gasteiger partial charge in [-0.15, -0.1) is 0 Å². The van der Waals surface area contributed by atoms with Crippen LogP contribution in [0, 0.1) is 23.7 Å². The van der Waals surface area contributed by atoms with Crippen LogP contribution < -0.4 is 20.7 Å². The van der Waals surface area contributed by atoms with Crippen molar-refractivity contribution in [3.63, 3.8) is 0 Å². The van der Waals surface area contributed by atoms with E-state index in [1.807, 2.05) is 20.8 Å². The number of amides is 12. The molecule has 6 unspecified atom stereocenters. The molecule has 0 aromatic heterocycles. The number of ether oxygens (including phenoxy) is 1. The molecule has 2 aliphatic carbocycles. The van der Waals surface area contributed by atoms with Gasteiger partial charge in [-0.3, -0.25) is 57.5 Å². The predicted molar refractivity (Wildman–Crippen MR) is 333 cm³/mol. The Morgan fingerprint density at radius 3 is 1.73 bits per heavy atom. The SMILES string of the molecule is CC[C@H](C)C1NC(=O)C(CC(C)C)N(C)C(=O)CC(C(=O)N2CCCCC2)N(C)C(=O)CN(C)C(=O)C2(CCCC2CC2CCCCC2)NC(=O)C(Cc2ccc(OC)cc2)N(C)C(=O)CNC(=O)CN(C)C(=O)CN(C)C(=O)CN(C)C(=O)CN(C)C1=O. The first kappa shape index (κ1) is 72.4. The van der Waals surface area contributed by atoms with Crippen LogP contribution in [0.3, 0.4) is 0 Å². The molecule has 7 atom stereocenters. The molecule has 2 heterocycles. The highest BCUT2D eigenvalue weighted by atomic mass is 16.5. The van der Waals surface area contributed by atoms with Crippen molar-refractivity contribution in [2.75, 3.05) is 116 Å². The lowest BCUT2D eigenvalue weighted by atomic mass is 9.75. The van der Waals surface area contributed by atoms with Gasteiger partial charge in [-0.1, -0.05) is 84.8 Å². The fourth-order valence-electron chi connectivity index (χ4n) is 12.6. The Hall–Kier alpha value is -7.34. The number of likely N-dealkylation sites (N-methyl/N-ethyl adjacent to an activating group) is 8. The van der Waals surface area contributed by atoms with Gasteiger partial charge in [0.05, 0.1) is 52.8 Å². The summed E-state index contributed by atoms with van der Waals surface area (Å²) in [6.45, 7) is 5.07. The van der Waals surface area contributed by atoms with Gasteiger partial charge in [0.2, 0.25) is 70.9 Å². The molecule has 4 aliphatic rings. The number of nitrogens with one attached hydrogen (secondary N) is 3. The Morgan fingerprint density at radius 1 is 0.607 bits per heavy atom. The molecular weight excluding hydrogens is 1140 g/mol. The van der Waals surface area contributed by atoms with E-state index in [9.17, 15) is 47.9 Å². The number of piperidine rings is 1. The molecule has 4 fully saturated rings. The summed E-state index contributed by atoms with van der Waals surface area (Å²) in [7, 11) is 12.7.